The van der Waals surface area contributed by atoms with E-state index in [4.69, 9.17) is 5.73 Å². The first-order valence-electron chi connectivity index (χ1n) is 6.73. The van der Waals surface area contributed by atoms with Gasteiger partial charge in [-0.15, -0.1) is 0 Å². The average molecular weight is 264 g/mol. The van der Waals surface area contributed by atoms with Crippen molar-refractivity contribution in [1.29, 1.82) is 0 Å². The number of amides is 1. The number of aromatic nitrogens is 2. The maximum Gasteiger partial charge on any atom is 0.229 e. The van der Waals surface area contributed by atoms with Crippen molar-refractivity contribution >= 4 is 11.9 Å². The quantitative estimate of drug-likeness (QED) is 0.824. The normalized spacial score (nSPS) is 12.5. The van der Waals surface area contributed by atoms with Crippen LogP contribution >= 0.6 is 0 Å². The molecule has 3 N–H and O–H groups in total. The van der Waals surface area contributed by atoms with Crippen LogP contribution in [0.1, 0.15) is 38.1 Å². The first kappa shape index (κ1) is 15.6. The predicted octanol–water partition coefficient (Wildman–Crippen LogP) is 2.04. The molecular weight excluding hydrogens is 240 g/mol. The molecule has 5 heteroatoms. The zero-order valence-electron chi connectivity index (χ0n) is 12.2. The smallest absolute Gasteiger partial charge is 0.229 e. The fraction of sp³-hybridized carbons (Fsp3) is 0.643. The second-order valence-electron chi connectivity index (χ2n) is 5.46. The number of aryl methyl sites for hydroxylation is 2. The zero-order chi connectivity index (χ0) is 14.4. The van der Waals surface area contributed by atoms with Gasteiger partial charge in [-0.05, 0) is 44.7 Å². The van der Waals surface area contributed by atoms with E-state index in [9.17, 15) is 4.79 Å². The van der Waals surface area contributed by atoms with Crippen molar-refractivity contribution in [2.75, 3.05) is 11.9 Å². The summed E-state index contributed by atoms with van der Waals surface area (Å²) in [5.41, 5.74) is 7.39. The molecule has 1 aromatic heterocycles. The van der Waals surface area contributed by atoms with Crippen LogP contribution in [0.25, 0.3) is 0 Å². The van der Waals surface area contributed by atoms with Crippen molar-refractivity contribution in [3.05, 3.63) is 17.5 Å². The Hall–Kier alpha value is -1.49. The van der Waals surface area contributed by atoms with Crippen LogP contribution < -0.4 is 11.1 Å². The Labute approximate surface area is 115 Å². The molecule has 0 aromatic carbocycles. The molecule has 106 valence electrons. The monoisotopic (exact) mass is 264 g/mol. The van der Waals surface area contributed by atoms with Gasteiger partial charge in [-0.2, -0.15) is 0 Å². The van der Waals surface area contributed by atoms with E-state index < -0.39 is 0 Å². The molecule has 0 bridgehead atoms. The van der Waals surface area contributed by atoms with Gasteiger partial charge in [-0.3, -0.25) is 10.1 Å². The van der Waals surface area contributed by atoms with Crippen molar-refractivity contribution in [2.24, 2.45) is 17.6 Å². The van der Waals surface area contributed by atoms with Gasteiger partial charge in [0.2, 0.25) is 11.9 Å². The summed E-state index contributed by atoms with van der Waals surface area (Å²) in [6.07, 6.45) is 1.38. The highest BCUT2D eigenvalue weighted by atomic mass is 16.1. The number of rotatable bonds is 6. The Morgan fingerprint density at radius 1 is 1.32 bits per heavy atom. The summed E-state index contributed by atoms with van der Waals surface area (Å²) in [5.74, 6) is 1.06. The van der Waals surface area contributed by atoms with Gasteiger partial charge in [-0.25, -0.2) is 9.97 Å². The number of carbonyl (C=O) groups is 1. The number of nitrogens with zero attached hydrogens (tertiary/aromatic N) is 2. The average Bonchev–Trinajstić information content (AvgIpc) is 2.25. The number of hydrogen-bond donors (Lipinski definition) is 2. The third-order valence-corrected chi connectivity index (χ3v) is 2.85. The molecule has 0 saturated carbocycles. The number of hydrogen-bond acceptors (Lipinski definition) is 4. The van der Waals surface area contributed by atoms with E-state index in [0.717, 1.165) is 17.8 Å². The van der Waals surface area contributed by atoms with Crippen LogP contribution in [0.15, 0.2) is 6.07 Å². The van der Waals surface area contributed by atoms with Gasteiger partial charge in [0, 0.05) is 17.8 Å². The van der Waals surface area contributed by atoms with Crippen LogP contribution in [0.5, 0.6) is 0 Å². The van der Waals surface area contributed by atoms with Crippen molar-refractivity contribution in [3.63, 3.8) is 0 Å². The first-order valence-corrected chi connectivity index (χ1v) is 6.73. The molecule has 0 spiro atoms. The summed E-state index contributed by atoms with van der Waals surface area (Å²) < 4.78 is 0. The van der Waals surface area contributed by atoms with E-state index in [-0.39, 0.29) is 11.8 Å². The lowest BCUT2D eigenvalue weighted by atomic mass is 9.94. The van der Waals surface area contributed by atoms with Gasteiger partial charge in [0.15, 0.2) is 0 Å². The zero-order valence-corrected chi connectivity index (χ0v) is 12.2. The second kappa shape index (κ2) is 7.19. The van der Waals surface area contributed by atoms with E-state index in [0.29, 0.717) is 24.8 Å². The van der Waals surface area contributed by atoms with Crippen LogP contribution in [0.3, 0.4) is 0 Å². The number of nitrogens with two attached hydrogens (primary N) is 1. The van der Waals surface area contributed by atoms with Crippen molar-refractivity contribution in [2.45, 2.75) is 40.5 Å². The van der Waals surface area contributed by atoms with E-state index in [1.807, 2.05) is 19.9 Å². The van der Waals surface area contributed by atoms with E-state index in [2.05, 4.69) is 29.1 Å². The number of nitrogens with one attached hydrogen (secondary N) is 1. The van der Waals surface area contributed by atoms with E-state index in [1.54, 1.807) is 0 Å². The summed E-state index contributed by atoms with van der Waals surface area (Å²) in [6, 6.07) is 1.87. The van der Waals surface area contributed by atoms with Crippen LogP contribution in [-0.2, 0) is 4.79 Å². The van der Waals surface area contributed by atoms with Crippen LogP contribution in [0.2, 0.25) is 0 Å². The van der Waals surface area contributed by atoms with Crippen LogP contribution in [0, 0.1) is 25.7 Å². The van der Waals surface area contributed by atoms with Gasteiger partial charge in [-0.1, -0.05) is 13.8 Å². The maximum absolute atomic E-state index is 11.9. The molecule has 1 aromatic rings. The molecule has 1 atom stereocenters. The van der Waals surface area contributed by atoms with Gasteiger partial charge < -0.3 is 5.73 Å². The minimum absolute atomic E-state index is 0.0684. The Kier molecular flexibility index (Phi) is 5.89. The molecule has 1 amide bonds. The largest absolute Gasteiger partial charge is 0.330 e. The van der Waals surface area contributed by atoms with Crippen molar-refractivity contribution in [1.82, 2.24) is 9.97 Å². The molecule has 0 saturated heterocycles. The second-order valence-corrected chi connectivity index (χ2v) is 5.46. The molecule has 5 nitrogen and oxygen atoms in total. The Bertz CT molecular complexity index is 411. The molecule has 1 rings (SSSR count). The third-order valence-electron chi connectivity index (χ3n) is 2.85. The van der Waals surface area contributed by atoms with E-state index in [1.165, 1.54) is 0 Å². The minimum Gasteiger partial charge on any atom is -0.330 e. The van der Waals surface area contributed by atoms with Crippen LogP contribution in [-0.4, -0.2) is 22.4 Å². The lowest BCUT2D eigenvalue weighted by Gasteiger charge is -2.16. The molecule has 19 heavy (non-hydrogen) atoms. The highest BCUT2D eigenvalue weighted by molar-refractivity contribution is 5.89. The maximum atomic E-state index is 11.9. The van der Waals surface area contributed by atoms with Crippen molar-refractivity contribution < 1.29 is 4.79 Å². The number of anilines is 1. The standard InChI is InChI=1S/C14H24N4O/c1-9(2)5-12(8-15)7-13(19)18-14-16-10(3)6-11(4)17-14/h6,9,12H,5,7-8,15H2,1-4H3,(H,16,17,18,19)/t12-/m0/s1. The highest BCUT2D eigenvalue weighted by Crippen LogP contribution is 2.15. The topological polar surface area (TPSA) is 80.9 Å². The Morgan fingerprint density at radius 2 is 1.89 bits per heavy atom. The molecule has 0 aliphatic rings. The summed E-state index contributed by atoms with van der Waals surface area (Å²) in [7, 11) is 0. The molecule has 1 heterocycles. The summed E-state index contributed by atoms with van der Waals surface area (Å²) in [5, 5.41) is 2.74. The minimum atomic E-state index is -0.0684. The lowest BCUT2D eigenvalue weighted by molar-refractivity contribution is -0.117. The Morgan fingerprint density at radius 3 is 2.37 bits per heavy atom. The van der Waals surface area contributed by atoms with Gasteiger partial charge in [0.1, 0.15) is 0 Å². The summed E-state index contributed by atoms with van der Waals surface area (Å²) >= 11 is 0. The van der Waals surface area contributed by atoms with Gasteiger partial charge in [0.05, 0.1) is 0 Å². The lowest BCUT2D eigenvalue weighted by Crippen LogP contribution is -2.24. The summed E-state index contributed by atoms with van der Waals surface area (Å²) in [4.78, 5) is 20.3. The first-order chi connectivity index (χ1) is 8.90. The molecule has 0 aliphatic carbocycles. The van der Waals surface area contributed by atoms with Crippen LogP contribution in [0.4, 0.5) is 5.95 Å². The van der Waals surface area contributed by atoms with E-state index >= 15 is 0 Å². The molecule has 0 fully saturated rings. The molecular formula is C14H24N4O. The highest BCUT2D eigenvalue weighted by Gasteiger charge is 2.15. The van der Waals surface area contributed by atoms with Gasteiger partial charge in [0.25, 0.3) is 0 Å². The third kappa shape index (κ3) is 5.79. The fourth-order valence-electron chi connectivity index (χ4n) is 2.15. The predicted molar refractivity (Wildman–Crippen MR) is 76.8 cm³/mol. The number of carbonyl (C=O) groups excluding carboxylic acids is 1. The molecule has 0 radical (unpaired) electrons. The van der Waals surface area contributed by atoms with Crippen molar-refractivity contribution in [3.8, 4) is 0 Å². The Balaban J connectivity index is 2.58. The molecule has 0 unspecified atom stereocenters. The molecule has 0 aliphatic heterocycles. The SMILES string of the molecule is Cc1cc(C)nc(NC(=O)C[C@@H](CN)CC(C)C)n1. The van der Waals surface area contributed by atoms with Gasteiger partial charge >= 0.3 is 0 Å². The summed E-state index contributed by atoms with van der Waals surface area (Å²) in [6.45, 7) is 8.55. The fourth-order valence-corrected chi connectivity index (χ4v) is 2.15.